The van der Waals surface area contributed by atoms with Crippen molar-refractivity contribution in [3.8, 4) is 5.75 Å². The summed E-state index contributed by atoms with van der Waals surface area (Å²) in [6, 6.07) is 9.00. The fourth-order valence-corrected chi connectivity index (χ4v) is 2.96. The smallest absolute Gasteiger partial charge is 0.131 e. The van der Waals surface area contributed by atoms with Crippen molar-refractivity contribution < 1.29 is 13.9 Å². The molecular weight excluding hydrogens is 307 g/mol. The van der Waals surface area contributed by atoms with Gasteiger partial charge in [-0.15, -0.1) is 0 Å². The van der Waals surface area contributed by atoms with E-state index in [0.29, 0.717) is 24.5 Å². The Morgan fingerprint density at radius 3 is 2.75 bits per heavy atom. The standard InChI is InChI=1S/C19H23FN2O2/c1-23-18-5-4-16(19(20)11-18)13-22-9-6-17(7-10-22)24-14-15-3-2-8-21-12-15/h2-5,8,11-12,17H,6-7,9-10,13-14H2,1H3. The Morgan fingerprint density at radius 1 is 1.25 bits per heavy atom. The number of aromatic nitrogens is 1. The topological polar surface area (TPSA) is 34.6 Å². The van der Waals surface area contributed by atoms with E-state index in [4.69, 9.17) is 9.47 Å². The maximum Gasteiger partial charge on any atom is 0.131 e. The highest BCUT2D eigenvalue weighted by Gasteiger charge is 2.20. The fraction of sp³-hybridized carbons (Fsp3) is 0.421. The quantitative estimate of drug-likeness (QED) is 0.813. The number of likely N-dealkylation sites (tertiary alicyclic amines) is 1. The van der Waals surface area contributed by atoms with E-state index in [-0.39, 0.29) is 11.9 Å². The Morgan fingerprint density at radius 2 is 2.08 bits per heavy atom. The van der Waals surface area contributed by atoms with Gasteiger partial charge in [0.2, 0.25) is 0 Å². The average molecular weight is 330 g/mol. The second-order valence-corrected chi connectivity index (χ2v) is 6.11. The van der Waals surface area contributed by atoms with Crippen LogP contribution in [0.1, 0.15) is 24.0 Å². The van der Waals surface area contributed by atoms with Gasteiger partial charge in [-0.05, 0) is 30.5 Å². The predicted octanol–water partition coefficient (Wildman–Crippen LogP) is 3.41. The van der Waals surface area contributed by atoms with Gasteiger partial charge in [0.15, 0.2) is 0 Å². The average Bonchev–Trinajstić information content (AvgIpc) is 2.63. The van der Waals surface area contributed by atoms with Gasteiger partial charge in [0.25, 0.3) is 0 Å². The van der Waals surface area contributed by atoms with Gasteiger partial charge in [0.05, 0.1) is 19.8 Å². The van der Waals surface area contributed by atoms with Gasteiger partial charge in [-0.2, -0.15) is 0 Å². The van der Waals surface area contributed by atoms with E-state index in [9.17, 15) is 4.39 Å². The van der Waals surface area contributed by atoms with E-state index in [2.05, 4.69) is 9.88 Å². The highest BCUT2D eigenvalue weighted by atomic mass is 19.1. The van der Waals surface area contributed by atoms with Crippen LogP contribution in [0.5, 0.6) is 5.75 Å². The molecular formula is C19H23FN2O2. The summed E-state index contributed by atoms with van der Waals surface area (Å²) < 4.78 is 25.0. The Hall–Kier alpha value is -1.98. The van der Waals surface area contributed by atoms with E-state index in [0.717, 1.165) is 31.5 Å². The van der Waals surface area contributed by atoms with Crippen LogP contribution in [0.3, 0.4) is 0 Å². The SMILES string of the molecule is COc1ccc(CN2CCC(OCc3cccnc3)CC2)c(F)c1. The van der Waals surface area contributed by atoms with Crippen LogP contribution in [-0.4, -0.2) is 36.2 Å². The summed E-state index contributed by atoms with van der Waals surface area (Å²) in [6.45, 7) is 3.07. The lowest BCUT2D eigenvalue weighted by atomic mass is 10.1. The summed E-state index contributed by atoms with van der Waals surface area (Å²) in [5, 5.41) is 0. The first kappa shape index (κ1) is 16.9. The minimum atomic E-state index is -0.204. The lowest BCUT2D eigenvalue weighted by molar-refractivity contribution is -0.00419. The second-order valence-electron chi connectivity index (χ2n) is 6.11. The molecule has 0 aliphatic carbocycles. The molecule has 0 N–H and O–H groups in total. The summed E-state index contributed by atoms with van der Waals surface area (Å²) in [7, 11) is 1.55. The van der Waals surface area contributed by atoms with Gasteiger partial charge in [-0.25, -0.2) is 4.39 Å². The molecule has 0 amide bonds. The number of hydrogen-bond donors (Lipinski definition) is 0. The molecule has 4 nitrogen and oxygen atoms in total. The van der Waals surface area contributed by atoms with Crippen molar-refractivity contribution in [2.45, 2.75) is 32.1 Å². The molecule has 2 heterocycles. The molecule has 1 aliphatic heterocycles. The third-order valence-electron chi connectivity index (χ3n) is 4.40. The molecule has 0 radical (unpaired) electrons. The summed E-state index contributed by atoms with van der Waals surface area (Å²) >= 11 is 0. The van der Waals surface area contributed by atoms with Crippen molar-refractivity contribution in [1.82, 2.24) is 9.88 Å². The monoisotopic (exact) mass is 330 g/mol. The summed E-state index contributed by atoms with van der Waals surface area (Å²) in [4.78, 5) is 6.37. The minimum Gasteiger partial charge on any atom is -0.497 e. The van der Waals surface area contributed by atoms with Crippen LogP contribution in [0.4, 0.5) is 4.39 Å². The Labute approximate surface area is 142 Å². The largest absolute Gasteiger partial charge is 0.497 e. The first-order valence-electron chi connectivity index (χ1n) is 8.30. The van der Waals surface area contributed by atoms with E-state index >= 15 is 0 Å². The van der Waals surface area contributed by atoms with Crippen molar-refractivity contribution in [2.75, 3.05) is 20.2 Å². The maximum atomic E-state index is 14.0. The lowest BCUT2D eigenvalue weighted by Crippen LogP contribution is -2.36. The summed E-state index contributed by atoms with van der Waals surface area (Å²) in [5.74, 6) is 0.350. The van der Waals surface area contributed by atoms with Crippen molar-refractivity contribution in [3.63, 3.8) is 0 Å². The molecule has 1 aromatic heterocycles. The third kappa shape index (κ3) is 4.52. The molecule has 3 rings (SSSR count). The first-order valence-corrected chi connectivity index (χ1v) is 8.30. The van der Waals surface area contributed by atoms with Crippen molar-refractivity contribution in [1.29, 1.82) is 0 Å². The molecule has 1 aromatic carbocycles. The van der Waals surface area contributed by atoms with Crippen LogP contribution in [0, 0.1) is 5.82 Å². The fourth-order valence-electron chi connectivity index (χ4n) is 2.96. The van der Waals surface area contributed by atoms with Crippen molar-refractivity contribution in [2.24, 2.45) is 0 Å². The van der Waals surface area contributed by atoms with Crippen LogP contribution in [0.25, 0.3) is 0 Å². The molecule has 5 heteroatoms. The van der Waals surface area contributed by atoms with E-state index in [1.165, 1.54) is 6.07 Å². The molecule has 2 aromatic rings. The highest BCUT2D eigenvalue weighted by molar-refractivity contribution is 5.28. The molecule has 0 spiro atoms. The molecule has 0 saturated carbocycles. The third-order valence-corrected chi connectivity index (χ3v) is 4.40. The van der Waals surface area contributed by atoms with Crippen LogP contribution in [0.2, 0.25) is 0 Å². The Kier molecular flexibility index (Phi) is 5.77. The number of ether oxygens (including phenoxy) is 2. The van der Waals surface area contributed by atoms with Gasteiger partial charge in [0, 0.05) is 43.7 Å². The number of benzene rings is 1. The minimum absolute atomic E-state index is 0.204. The molecule has 0 bridgehead atoms. The van der Waals surface area contributed by atoms with Crippen LogP contribution >= 0.6 is 0 Å². The number of rotatable bonds is 6. The molecule has 128 valence electrons. The molecule has 1 aliphatic rings. The van der Waals surface area contributed by atoms with Crippen molar-refractivity contribution in [3.05, 3.63) is 59.7 Å². The first-order chi connectivity index (χ1) is 11.7. The lowest BCUT2D eigenvalue weighted by Gasteiger charge is -2.32. The van der Waals surface area contributed by atoms with Gasteiger partial charge in [-0.1, -0.05) is 12.1 Å². The maximum absolute atomic E-state index is 14.0. The van der Waals surface area contributed by atoms with Gasteiger partial charge in [-0.3, -0.25) is 9.88 Å². The summed E-state index contributed by atoms with van der Waals surface area (Å²) in [5.41, 5.74) is 1.81. The zero-order chi connectivity index (χ0) is 16.8. The molecule has 1 fully saturated rings. The predicted molar refractivity (Wildman–Crippen MR) is 90.3 cm³/mol. The zero-order valence-electron chi connectivity index (χ0n) is 14.0. The Bertz CT molecular complexity index is 643. The van der Waals surface area contributed by atoms with E-state index in [1.54, 1.807) is 19.4 Å². The normalized spacial score (nSPS) is 16.2. The van der Waals surface area contributed by atoms with Crippen LogP contribution in [0.15, 0.2) is 42.7 Å². The van der Waals surface area contributed by atoms with Gasteiger partial charge >= 0.3 is 0 Å². The van der Waals surface area contributed by atoms with E-state index < -0.39 is 0 Å². The number of hydrogen-bond acceptors (Lipinski definition) is 4. The number of halogens is 1. The molecule has 24 heavy (non-hydrogen) atoms. The number of piperidine rings is 1. The van der Waals surface area contributed by atoms with Crippen molar-refractivity contribution >= 4 is 0 Å². The van der Waals surface area contributed by atoms with Gasteiger partial charge in [0.1, 0.15) is 11.6 Å². The van der Waals surface area contributed by atoms with Crippen LogP contribution in [-0.2, 0) is 17.9 Å². The zero-order valence-corrected chi connectivity index (χ0v) is 14.0. The molecule has 0 unspecified atom stereocenters. The molecule has 1 saturated heterocycles. The second kappa shape index (κ2) is 8.22. The highest BCUT2D eigenvalue weighted by Crippen LogP contribution is 2.21. The van der Waals surface area contributed by atoms with Gasteiger partial charge < -0.3 is 9.47 Å². The Balaban J connectivity index is 1.45. The number of methoxy groups -OCH3 is 1. The van der Waals surface area contributed by atoms with E-state index in [1.807, 2.05) is 24.4 Å². The summed E-state index contributed by atoms with van der Waals surface area (Å²) in [6.07, 6.45) is 5.81. The molecule has 0 atom stereocenters. The number of pyridine rings is 1. The van der Waals surface area contributed by atoms with Crippen LogP contribution < -0.4 is 4.74 Å². The number of nitrogens with zero attached hydrogens (tertiary/aromatic N) is 2.